The van der Waals surface area contributed by atoms with E-state index in [1.54, 1.807) is 24.3 Å². The van der Waals surface area contributed by atoms with Crippen molar-refractivity contribution in [3.63, 3.8) is 0 Å². The van der Waals surface area contributed by atoms with Crippen LogP contribution < -0.4 is 0 Å². The summed E-state index contributed by atoms with van der Waals surface area (Å²) in [6, 6.07) is 8.56. The van der Waals surface area contributed by atoms with Gasteiger partial charge in [0.05, 0.1) is 5.52 Å². The number of phenols is 1. The smallest absolute Gasteiger partial charge is 0.272 e. The average Bonchev–Trinajstić information content (AvgIpc) is 2.54. The van der Waals surface area contributed by atoms with Crippen LogP contribution in [-0.4, -0.2) is 58.5 Å². The normalized spacial score (nSPS) is 16.2. The SMILES string of the molecule is CC(C)CN1CCN(C(=O)c2ccc3cc(O)ccc3n2)CC1. The molecule has 0 atom stereocenters. The molecule has 1 N–H and O–H groups in total. The summed E-state index contributed by atoms with van der Waals surface area (Å²) in [4.78, 5) is 21.4. The van der Waals surface area contributed by atoms with Crippen molar-refractivity contribution >= 4 is 16.8 Å². The Kier molecular flexibility index (Phi) is 4.48. The van der Waals surface area contributed by atoms with Crippen molar-refractivity contribution in [3.8, 4) is 5.75 Å². The number of benzene rings is 1. The average molecular weight is 313 g/mol. The van der Waals surface area contributed by atoms with Crippen LogP contribution in [0.1, 0.15) is 24.3 Å². The second kappa shape index (κ2) is 6.54. The number of hydrogen-bond donors (Lipinski definition) is 1. The number of fused-ring (bicyclic) bond motifs is 1. The van der Waals surface area contributed by atoms with E-state index < -0.39 is 0 Å². The number of carbonyl (C=O) groups is 1. The molecule has 122 valence electrons. The summed E-state index contributed by atoms with van der Waals surface area (Å²) in [5, 5.41) is 10.3. The molecule has 0 bridgehead atoms. The lowest BCUT2D eigenvalue weighted by atomic mass is 10.1. The third-order valence-electron chi connectivity index (χ3n) is 4.17. The highest BCUT2D eigenvalue weighted by molar-refractivity contribution is 5.95. The Labute approximate surface area is 136 Å². The van der Waals surface area contributed by atoms with E-state index in [1.165, 1.54) is 0 Å². The van der Waals surface area contributed by atoms with Crippen LogP contribution in [0.3, 0.4) is 0 Å². The summed E-state index contributed by atoms with van der Waals surface area (Å²) >= 11 is 0. The maximum atomic E-state index is 12.6. The molecular formula is C18H23N3O2. The van der Waals surface area contributed by atoms with E-state index in [4.69, 9.17) is 0 Å². The molecule has 0 unspecified atom stereocenters. The van der Waals surface area contributed by atoms with Gasteiger partial charge in [-0.05, 0) is 30.2 Å². The predicted molar refractivity (Wildman–Crippen MR) is 90.6 cm³/mol. The van der Waals surface area contributed by atoms with Crippen LogP contribution in [0.4, 0.5) is 0 Å². The van der Waals surface area contributed by atoms with Crippen molar-refractivity contribution in [2.75, 3.05) is 32.7 Å². The van der Waals surface area contributed by atoms with E-state index in [9.17, 15) is 9.90 Å². The third-order valence-corrected chi connectivity index (χ3v) is 4.17. The first kappa shape index (κ1) is 15.7. The molecule has 0 radical (unpaired) electrons. The van der Waals surface area contributed by atoms with Crippen molar-refractivity contribution in [1.82, 2.24) is 14.8 Å². The molecule has 3 rings (SSSR count). The van der Waals surface area contributed by atoms with Gasteiger partial charge in [-0.15, -0.1) is 0 Å². The second-order valence-electron chi connectivity index (χ2n) is 6.56. The molecule has 0 spiro atoms. The molecule has 1 aromatic carbocycles. The van der Waals surface area contributed by atoms with Crippen molar-refractivity contribution < 1.29 is 9.90 Å². The van der Waals surface area contributed by atoms with Gasteiger partial charge < -0.3 is 10.0 Å². The van der Waals surface area contributed by atoms with Crippen LogP contribution in [0.15, 0.2) is 30.3 Å². The van der Waals surface area contributed by atoms with E-state index >= 15 is 0 Å². The number of aromatic nitrogens is 1. The van der Waals surface area contributed by atoms with Gasteiger partial charge in [0, 0.05) is 38.1 Å². The topological polar surface area (TPSA) is 56.7 Å². The molecule has 5 heteroatoms. The summed E-state index contributed by atoms with van der Waals surface area (Å²) < 4.78 is 0. The number of aromatic hydroxyl groups is 1. The number of nitrogens with zero attached hydrogens (tertiary/aromatic N) is 3. The largest absolute Gasteiger partial charge is 0.508 e. The Hall–Kier alpha value is -2.14. The highest BCUT2D eigenvalue weighted by atomic mass is 16.3. The number of amides is 1. The predicted octanol–water partition coefficient (Wildman–Crippen LogP) is 2.35. The number of rotatable bonds is 3. The first-order valence-electron chi connectivity index (χ1n) is 8.14. The summed E-state index contributed by atoms with van der Waals surface area (Å²) in [5.41, 5.74) is 1.20. The lowest BCUT2D eigenvalue weighted by molar-refractivity contribution is 0.0618. The van der Waals surface area contributed by atoms with Gasteiger partial charge in [-0.1, -0.05) is 19.9 Å². The van der Waals surface area contributed by atoms with E-state index in [0.29, 0.717) is 11.6 Å². The molecule has 5 nitrogen and oxygen atoms in total. The Morgan fingerprint density at radius 2 is 1.91 bits per heavy atom. The Bertz CT molecular complexity index is 706. The zero-order valence-corrected chi connectivity index (χ0v) is 13.7. The van der Waals surface area contributed by atoms with E-state index in [0.717, 1.165) is 43.6 Å². The monoisotopic (exact) mass is 313 g/mol. The zero-order valence-electron chi connectivity index (χ0n) is 13.7. The Morgan fingerprint density at radius 3 is 2.61 bits per heavy atom. The zero-order chi connectivity index (χ0) is 16.4. The van der Waals surface area contributed by atoms with Gasteiger partial charge in [0.2, 0.25) is 0 Å². The molecule has 1 aliphatic rings. The number of carbonyl (C=O) groups excluding carboxylic acids is 1. The second-order valence-corrected chi connectivity index (χ2v) is 6.56. The molecule has 2 heterocycles. The molecular weight excluding hydrogens is 290 g/mol. The minimum absolute atomic E-state index is 0.0100. The van der Waals surface area contributed by atoms with Gasteiger partial charge in [-0.25, -0.2) is 4.98 Å². The van der Waals surface area contributed by atoms with Crippen molar-refractivity contribution in [3.05, 3.63) is 36.0 Å². The number of pyridine rings is 1. The Balaban J connectivity index is 1.70. The fraction of sp³-hybridized carbons (Fsp3) is 0.444. The first-order valence-corrected chi connectivity index (χ1v) is 8.14. The molecule has 0 saturated carbocycles. The van der Waals surface area contributed by atoms with Crippen LogP contribution >= 0.6 is 0 Å². The van der Waals surface area contributed by atoms with Crippen LogP contribution in [0.2, 0.25) is 0 Å². The van der Waals surface area contributed by atoms with Gasteiger partial charge >= 0.3 is 0 Å². The third kappa shape index (κ3) is 3.62. The quantitative estimate of drug-likeness (QED) is 0.945. The standard InChI is InChI=1S/C18H23N3O2/c1-13(2)12-20-7-9-21(10-8-20)18(23)17-5-3-14-11-15(22)4-6-16(14)19-17/h3-6,11,13,22H,7-10,12H2,1-2H3. The van der Waals surface area contributed by atoms with E-state index in [2.05, 4.69) is 23.7 Å². The van der Waals surface area contributed by atoms with Crippen molar-refractivity contribution in [1.29, 1.82) is 0 Å². The van der Waals surface area contributed by atoms with Crippen molar-refractivity contribution in [2.24, 2.45) is 5.92 Å². The molecule has 2 aromatic rings. The molecule has 0 aliphatic carbocycles. The molecule has 1 amide bonds. The van der Waals surface area contributed by atoms with Gasteiger partial charge in [0.25, 0.3) is 5.91 Å². The lowest BCUT2D eigenvalue weighted by Gasteiger charge is -2.35. The summed E-state index contributed by atoms with van der Waals surface area (Å²) in [5.74, 6) is 0.847. The molecule has 1 fully saturated rings. The molecule has 1 aromatic heterocycles. The Morgan fingerprint density at radius 1 is 1.17 bits per heavy atom. The fourth-order valence-electron chi connectivity index (χ4n) is 3.04. The maximum absolute atomic E-state index is 12.6. The van der Waals surface area contributed by atoms with Gasteiger partial charge in [-0.3, -0.25) is 9.69 Å². The molecule has 23 heavy (non-hydrogen) atoms. The van der Waals surface area contributed by atoms with Gasteiger partial charge in [-0.2, -0.15) is 0 Å². The molecule has 1 saturated heterocycles. The highest BCUT2D eigenvalue weighted by Gasteiger charge is 2.23. The van der Waals surface area contributed by atoms with Crippen molar-refractivity contribution in [2.45, 2.75) is 13.8 Å². The van der Waals surface area contributed by atoms with Crippen LogP contribution in [0, 0.1) is 5.92 Å². The summed E-state index contributed by atoms with van der Waals surface area (Å²) in [6.07, 6.45) is 0. The minimum atomic E-state index is -0.0100. The maximum Gasteiger partial charge on any atom is 0.272 e. The number of hydrogen-bond acceptors (Lipinski definition) is 4. The van der Waals surface area contributed by atoms with Crippen LogP contribution in [-0.2, 0) is 0 Å². The minimum Gasteiger partial charge on any atom is -0.508 e. The van der Waals surface area contributed by atoms with E-state index in [1.807, 2.05) is 11.0 Å². The fourth-order valence-corrected chi connectivity index (χ4v) is 3.04. The van der Waals surface area contributed by atoms with E-state index in [-0.39, 0.29) is 11.7 Å². The van der Waals surface area contributed by atoms with Crippen LogP contribution in [0.25, 0.3) is 10.9 Å². The van der Waals surface area contributed by atoms with Crippen LogP contribution in [0.5, 0.6) is 5.75 Å². The summed E-state index contributed by atoms with van der Waals surface area (Å²) in [6.45, 7) is 8.86. The summed E-state index contributed by atoms with van der Waals surface area (Å²) in [7, 11) is 0. The molecule has 1 aliphatic heterocycles. The van der Waals surface area contributed by atoms with Gasteiger partial charge in [0.1, 0.15) is 11.4 Å². The lowest BCUT2D eigenvalue weighted by Crippen LogP contribution is -2.49. The number of phenolic OH excluding ortho intramolecular Hbond substituents is 1. The number of piperazine rings is 1. The van der Waals surface area contributed by atoms with Gasteiger partial charge in [0.15, 0.2) is 0 Å². The highest BCUT2D eigenvalue weighted by Crippen LogP contribution is 2.19. The first-order chi connectivity index (χ1) is 11.0.